The zero-order valence-electron chi connectivity index (χ0n) is 16.8. The second kappa shape index (κ2) is 8.19. The monoisotopic (exact) mass is 451 g/mol. The van der Waals surface area contributed by atoms with E-state index in [0.717, 1.165) is 4.90 Å². The third-order valence-corrected chi connectivity index (χ3v) is 5.99. The second-order valence-electron chi connectivity index (χ2n) is 6.94. The quantitative estimate of drug-likeness (QED) is 0.545. The highest BCUT2D eigenvalue weighted by Gasteiger charge is 2.36. The molecule has 0 bridgehead atoms. The van der Waals surface area contributed by atoms with Crippen LogP contribution in [0.4, 0.5) is 11.6 Å². The molecule has 4 rings (SSSR count). The van der Waals surface area contributed by atoms with Gasteiger partial charge in [0, 0.05) is 17.6 Å². The van der Waals surface area contributed by atoms with Gasteiger partial charge in [-0.3, -0.25) is 19.3 Å². The molecule has 0 aliphatic carbocycles. The van der Waals surface area contributed by atoms with Crippen LogP contribution < -0.4 is 10.0 Å². The Kier molecular flexibility index (Phi) is 5.41. The zero-order valence-corrected chi connectivity index (χ0v) is 17.6. The Bertz CT molecular complexity index is 1300. The molecule has 11 heteroatoms. The van der Waals surface area contributed by atoms with Gasteiger partial charge in [0.2, 0.25) is 11.9 Å². The number of nitrogens with zero attached hydrogens (tertiary/aromatic N) is 3. The van der Waals surface area contributed by atoms with Crippen molar-refractivity contribution in [2.75, 3.05) is 16.6 Å². The summed E-state index contributed by atoms with van der Waals surface area (Å²) < 4.78 is 27.3. The van der Waals surface area contributed by atoms with Crippen LogP contribution in [0.2, 0.25) is 0 Å². The van der Waals surface area contributed by atoms with E-state index in [0.29, 0.717) is 11.4 Å². The smallest absolute Gasteiger partial charge is 0.264 e. The van der Waals surface area contributed by atoms with Gasteiger partial charge in [0.05, 0.1) is 16.0 Å². The summed E-state index contributed by atoms with van der Waals surface area (Å²) >= 11 is 0. The Labute approximate surface area is 183 Å². The number of carbonyl (C=O) groups is 3. The molecular weight excluding hydrogens is 434 g/mol. The molecule has 0 fully saturated rings. The average molecular weight is 451 g/mol. The molecule has 0 saturated heterocycles. The molecule has 0 saturated carbocycles. The minimum Gasteiger partial charge on any atom is -0.325 e. The van der Waals surface area contributed by atoms with Crippen molar-refractivity contribution in [2.45, 2.75) is 11.8 Å². The molecule has 2 N–H and O–H groups in total. The lowest BCUT2D eigenvalue weighted by atomic mass is 10.1. The Morgan fingerprint density at radius 3 is 2.19 bits per heavy atom. The number of hydrogen-bond donors (Lipinski definition) is 2. The molecule has 1 aliphatic rings. The molecule has 0 radical (unpaired) electrons. The van der Waals surface area contributed by atoms with Gasteiger partial charge in [0.25, 0.3) is 21.8 Å². The standard InChI is InChI=1S/C21H17N5O5S/c1-13-10-11-22-21(23-13)25-32(30,31)15-8-6-14(7-9-15)24-18(27)12-26-19(28)16-4-2-3-5-17(16)20(26)29/h2-11H,12H2,1H3,(H,24,27)(H,22,23,25). The molecule has 0 unspecified atom stereocenters. The Morgan fingerprint density at radius 2 is 1.59 bits per heavy atom. The van der Waals surface area contributed by atoms with Gasteiger partial charge in [-0.15, -0.1) is 0 Å². The maximum Gasteiger partial charge on any atom is 0.264 e. The van der Waals surface area contributed by atoms with Crippen molar-refractivity contribution in [3.63, 3.8) is 0 Å². The molecule has 0 spiro atoms. The fourth-order valence-electron chi connectivity index (χ4n) is 3.12. The van der Waals surface area contributed by atoms with E-state index in [2.05, 4.69) is 20.0 Å². The molecule has 2 aromatic carbocycles. The minimum absolute atomic E-state index is 0.0525. The minimum atomic E-state index is -3.92. The molecule has 3 aromatic rings. The van der Waals surface area contributed by atoms with Crippen LogP contribution in [0, 0.1) is 6.92 Å². The van der Waals surface area contributed by atoms with Gasteiger partial charge in [0.1, 0.15) is 6.54 Å². The predicted molar refractivity (Wildman–Crippen MR) is 114 cm³/mol. The number of rotatable bonds is 6. The number of aryl methyl sites for hydroxylation is 1. The number of nitrogens with one attached hydrogen (secondary N) is 2. The van der Waals surface area contributed by atoms with Crippen molar-refractivity contribution in [3.05, 3.63) is 77.6 Å². The maximum absolute atomic E-state index is 12.5. The van der Waals surface area contributed by atoms with Crippen molar-refractivity contribution in [1.29, 1.82) is 0 Å². The highest BCUT2D eigenvalue weighted by Crippen LogP contribution is 2.22. The number of aromatic nitrogens is 2. The highest BCUT2D eigenvalue weighted by atomic mass is 32.2. The van der Waals surface area contributed by atoms with Gasteiger partial charge in [0.15, 0.2) is 0 Å². The number of fused-ring (bicyclic) bond motifs is 1. The first-order chi connectivity index (χ1) is 15.2. The number of amides is 3. The first-order valence-electron chi connectivity index (χ1n) is 9.42. The normalized spacial score (nSPS) is 13.1. The molecule has 1 aromatic heterocycles. The van der Waals surface area contributed by atoms with Crippen LogP contribution in [0.15, 0.2) is 65.7 Å². The van der Waals surface area contributed by atoms with Gasteiger partial charge in [-0.2, -0.15) is 0 Å². The zero-order chi connectivity index (χ0) is 22.9. The number of carbonyl (C=O) groups excluding carboxylic acids is 3. The molecule has 32 heavy (non-hydrogen) atoms. The summed E-state index contributed by atoms with van der Waals surface area (Å²) in [5, 5.41) is 2.55. The van der Waals surface area contributed by atoms with E-state index in [1.165, 1.54) is 42.6 Å². The third-order valence-electron chi connectivity index (χ3n) is 4.65. The van der Waals surface area contributed by atoms with Crippen molar-refractivity contribution in [3.8, 4) is 0 Å². The lowest BCUT2D eigenvalue weighted by molar-refractivity contribution is -0.116. The first-order valence-corrected chi connectivity index (χ1v) is 10.9. The van der Waals surface area contributed by atoms with Gasteiger partial charge in [-0.05, 0) is 49.4 Å². The van der Waals surface area contributed by atoms with Crippen molar-refractivity contribution in [2.24, 2.45) is 0 Å². The fourth-order valence-corrected chi connectivity index (χ4v) is 4.07. The van der Waals surface area contributed by atoms with Gasteiger partial charge in [-0.25, -0.2) is 23.1 Å². The summed E-state index contributed by atoms with van der Waals surface area (Å²) in [6.07, 6.45) is 1.44. The van der Waals surface area contributed by atoms with Crippen LogP contribution >= 0.6 is 0 Å². The number of sulfonamides is 1. The van der Waals surface area contributed by atoms with E-state index in [4.69, 9.17) is 0 Å². The third kappa shape index (κ3) is 4.18. The Balaban J connectivity index is 1.41. The van der Waals surface area contributed by atoms with Crippen LogP contribution in [0.5, 0.6) is 0 Å². The van der Waals surface area contributed by atoms with E-state index in [1.807, 2.05) is 0 Å². The van der Waals surface area contributed by atoms with E-state index >= 15 is 0 Å². The maximum atomic E-state index is 12.5. The summed E-state index contributed by atoms with van der Waals surface area (Å²) in [6.45, 7) is 1.25. The van der Waals surface area contributed by atoms with E-state index in [9.17, 15) is 22.8 Å². The molecule has 0 atom stereocenters. The second-order valence-corrected chi connectivity index (χ2v) is 8.62. The van der Waals surface area contributed by atoms with Gasteiger partial charge >= 0.3 is 0 Å². The number of benzene rings is 2. The molecule has 10 nitrogen and oxygen atoms in total. The summed E-state index contributed by atoms with van der Waals surface area (Å²) in [5.74, 6) is -1.72. The van der Waals surface area contributed by atoms with Crippen molar-refractivity contribution >= 4 is 39.4 Å². The van der Waals surface area contributed by atoms with E-state index in [1.54, 1.807) is 25.1 Å². The topological polar surface area (TPSA) is 138 Å². The van der Waals surface area contributed by atoms with Gasteiger partial charge < -0.3 is 5.32 Å². The summed E-state index contributed by atoms with van der Waals surface area (Å²) in [6, 6.07) is 13.4. The van der Waals surface area contributed by atoms with Crippen LogP contribution in [0.3, 0.4) is 0 Å². The van der Waals surface area contributed by atoms with Crippen molar-refractivity contribution < 1.29 is 22.8 Å². The summed E-state index contributed by atoms with van der Waals surface area (Å²) in [4.78, 5) is 45.8. The molecule has 2 heterocycles. The van der Waals surface area contributed by atoms with Crippen LogP contribution in [-0.2, 0) is 14.8 Å². The van der Waals surface area contributed by atoms with Crippen molar-refractivity contribution in [1.82, 2.24) is 14.9 Å². The Hall–Kier alpha value is -4.12. The number of hydrogen-bond acceptors (Lipinski definition) is 7. The summed E-state index contributed by atoms with van der Waals surface area (Å²) in [7, 11) is -3.92. The fraction of sp³-hybridized carbons (Fsp3) is 0.0952. The van der Waals surface area contributed by atoms with Crippen LogP contribution in [-0.4, -0.2) is 47.6 Å². The predicted octanol–water partition coefficient (Wildman–Crippen LogP) is 1.82. The van der Waals surface area contributed by atoms with Gasteiger partial charge in [-0.1, -0.05) is 12.1 Å². The largest absolute Gasteiger partial charge is 0.325 e. The average Bonchev–Trinajstić information content (AvgIpc) is 2.99. The number of anilines is 2. The lowest BCUT2D eigenvalue weighted by Gasteiger charge is -2.14. The molecular formula is C21H17N5O5S. The molecule has 3 amide bonds. The lowest BCUT2D eigenvalue weighted by Crippen LogP contribution is -2.37. The highest BCUT2D eigenvalue weighted by molar-refractivity contribution is 7.92. The summed E-state index contributed by atoms with van der Waals surface area (Å²) in [5.41, 5.74) is 1.42. The van der Waals surface area contributed by atoms with Crippen LogP contribution in [0.1, 0.15) is 26.4 Å². The number of imide groups is 1. The van der Waals surface area contributed by atoms with Crippen LogP contribution in [0.25, 0.3) is 0 Å². The molecule has 162 valence electrons. The van der Waals surface area contributed by atoms with E-state index < -0.39 is 34.3 Å². The molecule has 1 aliphatic heterocycles. The first kappa shape index (κ1) is 21.1. The van der Waals surface area contributed by atoms with E-state index in [-0.39, 0.29) is 22.0 Å². The Morgan fingerprint density at radius 1 is 0.969 bits per heavy atom. The SMILES string of the molecule is Cc1ccnc(NS(=O)(=O)c2ccc(NC(=O)CN3C(=O)c4ccccc4C3=O)cc2)n1.